The van der Waals surface area contributed by atoms with Crippen LogP contribution in [0.1, 0.15) is 64.2 Å². The van der Waals surface area contributed by atoms with Gasteiger partial charge in [-0.05, 0) is 81.0 Å². The van der Waals surface area contributed by atoms with Gasteiger partial charge in [-0.15, -0.1) is 0 Å². The Morgan fingerprint density at radius 1 is 1.05 bits per heavy atom. The van der Waals surface area contributed by atoms with Gasteiger partial charge in [-0.3, -0.25) is 4.79 Å². The zero-order valence-corrected chi connectivity index (χ0v) is 13.5. The first kappa shape index (κ1) is 15.3. The number of carbonyl (C=O) groups excluding carboxylic acids is 1. The summed E-state index contributed by atoms with van der Waals surface area (Å²) in [7, 11) is 1.96. The minimum absolute atomic E-state index is 0.269. The van der Waals surface area contributed by atoms with E-state index < -0.39 is 0 Å². The molecular formula is C18H31NO2. The third-order valence-corrected chi connectivity index (χ3v) is 6.27. The van der Waals surface area contributed by atoms with Crippen LogP contribution in [0.25, 0.3) is 0 Å². The molecule has 3 nitrogen and oxygen atoms in total. The SMILES string of the molecule is CN(CCCCCO)C(=O)CC12CC3CC(CC(C3)C1)C2. The van der Waals surface area contributed by atoms with E-state index in [1.165, 1.54) is 38.5 Å². The average Bonchev–Trinajstić information content (AvgIpc) is 2.41. The maximum atomic E-state index is 12.6. The Hall–Kier alpha value is -0.570. The molecule has 3 heteroatoms. The Balaban J connectivity index is 1.50. The van der Waals surface area contributed by atoms with Crippen molar-refractivity contribution in [2.24, 2.45) is 23.2 Å². The zero-order valence-electron chi connectivity index (χ0n) is 13.5. The summed E-state index contributed by atoms with van der Waals surface area (Å²) in [5.74, 6) is 3.15. The van der Waals surface area contributed by atoms with E-state index in [2.05, 4.69) is 0 Å². The van der Waals surface area contributed by atoms with Gasteiger partial charge in [-0.2, -0.15) is 0 Å². The standard InChI is InChI=1S/C18H31NO2/c1-19(5-3-2-4-6-20)17(21)13-18-10-14-7-15(11-18)9-16(8-14)12-18/h14-16,20H,2-13H2,1H3. The highest BCUT2D eigenvalue weighted by atomic mass is 16.2. The van der Waals surface area contributed by atoms with E-state index in [1.54, 1.807) is 0 Å². The van der Waals surface area contributed by atoms with E-state index in [1.807, 2.05) is 11.9 Å². The fraction of sp³-hybridized carbons (Fsp3) is 0.944. The van der Waals surface area contributed by atoms with Crippen LogP contribution in [0.5, 0.6) is 0 Å². The topological polar surface area (TPSA) is 40.5 Å². The number of amides is 1. The second kappa shape index (κ2) is 6.28. The molecule has 4 fully saturated rings. The molecule has 120 valence electrons. The number of unbranched alkanes of at least 4 members (excludes halogenated alkanes) is 2. The maximum Gasteiger partial charge on any atom is 0.222 e. The van der Waals surface area contributed by atoms with Crippen molar-refractivity contribution >= 4 is 5.91 Å². The van der Waals surface area contributed by atoms with Crippen LogP contribution < -0.4 is 0 Å². The summed E-state index contributed by atoms with van der Waals surface area (Å²) < 4.78 is 0. The van der Waals surface area contributed by atoms with Crippen molar-refractivity contribution in [3.05, 3.63) is 0 Å². The van der Waals surface area contributed by atoms with E-state index >= 15 is 0 Å². The molecule has 4 saturated carbocycles. The van der Waals surface area contributed by atoms with Gasteiger partial charge in [0.15, 0.2) is 0 Å². The van der Waals surface area contributed by atoms with Crippen LogP contribution >= 0.6 is 0 Å². The summed E-state index contributed by atoms with van der Waals surface area (Å²) in [6.45, 7) is 1.12. The minimum atomic E-state index is 0.269. The number of aliphatic hydroxyl groups is 1. The molecule has 1 amide bonds. The lowest BCUT2D eigenvalue weighted by atomic mass is 9.49. The van der Waals surface area contributed by atoms with E-state index in [4.69, 9.17) is 5.11 Å². The molecular weight excluding hydrogens is 262 g/mol. The molecule has 4 rings (SSSR count). The summed E-state index contributed by atoms with van der Waals surface area (Å²) in [4.78, 5) is 14.5. The molecule has 0 aromatic carbocycles. The zero-order chi connectivity index (χ0) is 14.9. The monoisotopic (exact) mass is 293 g/mol. The molecule has 4 bridgehead atoms. The molecule has 0 saturated heterocycles. The van der Waals surface area contributed by atoms with Crippen molar-refractivity contribution in [1.82, 2.24) is 4.90 Å². The van der Waals surface area contributed by atoms with Gasteiger partial charge >= 0.3 is 0 Å². The molecule has 0 spiro atoms. The highest BCUT2D eigenvalue weighted by Crippen LogP contribution is 2.61. The number of nitrogens with zero attached hydrogens (tertiary/aromatic N) is 1. The van der Waals surface area contributed by atoms with Gasteiger partial charge in [0.1, 0.15) is 0 Å². The Labute approximate surface area is 129 Å². The van der Waals surface area contributed by atoms with E-state index in [9.17, 15) is 4.79 Å². The molecule has 0 unspecified atom stereocenters. The second-order valence-electron chi connectivity index (χ2n) is 8.19. The third-order valence-electron chi connectivity index (χ3n) is 6.27. The van der Waals surface area contributed by atoms with Crippen molar-refractivity contribution in [3.8, 4) is 0 Å². The number of aliphatic hydroxyl groups excluding tert-OH is 1. The highest BCUT2D eigenvalue weighted by molar-refractivity contribution is 5.76. The van der Waals surface area contributed by atoms with Gasteiger partial charge in [-0.25, -0.2) is 0 Å². The average molecular weight is 293 g/mol. The van der Waals surface area contributed by atoms with Gasteiger partial charge in [0.2, 0.25) is 5.91 Å². The lowest BCUT2D eigenvalue weighted by Crippen LogP contribution is -2.48. The molecule has 21 heavy (non-hydrogen) atoms. The van der Waals surface area contributed by atoms with Crippen LogP contribution in [0.3, 0.4) is 0 Å². The number of carbonyl (C=O) groups is 1. The van der Waals surface area contributed by atoms with Gasteiger partial charge in [0.25, 0.3) is 0 Å². The van der Waals surface area contributed by atoms with Crippen LogP contribution in [0.2, 0.25) is 0 Å². The molecule has 0 atom stereocenters. The van der Waals surface area contributed by atoms with Crippen LogP contribution in [0, 0.1) is 23.2 Å². The highest BCUT2D eigenvalue weighted by Gasteiger charge is 2.51. The van der Waals surface area contributed by atoms with Crippen molar-refractivity contribution in [2.45, 2.75) is 64.2 Å². The lowest BCUT2D eigenvalue weighted by molar-refractivity contribution is -0.138. The van der Waals surface area contributed by atoms with Gasteiger partial charge < -0.3 is 10.0 Å². The molecule has 0 aliphatic heterocycles. The molecule has 0 aromatic rings. The number of rotatable bonds is 7. The fourth-order valence-electron chi connectivity index (χ4n) is 5.72. The van der Waals surface area contributed by atoms with E-state index in [0.717, 1.165) is 50.0 Å². The van der Waals surface area contributed by atoms with Gasteiger partial charge in [0.05, 0.1) is 0 Å². The Morgan fingerprint density at radius 2 is 1.62 bits per heavy atom. The predicted molar refractivity (Wildman–Crippen MR) is 83.8 cm³/mol. The number of hydrogen-bond donors (Lipinski definition) is 1. The molecule has 0 radical (unpaired) electrons. The summed E-state index contributed by atoms with van der Waals surface area (Å²) in [5.41, 5.74) is 0.366. The smallest absolute Gasteiger partial charge is 0.222 e. The second-order valence-corrected chi connectivity index (χ2v) is 8.19. The Kier molecular flexibility index (Phi) is 4.58. The summed E-state index contributed by atoms with van der Waals surface area (Å²) in [5, 5.41) is 8.80. The van der Waals surface area contributed by atoms with Crippen LogP contribution in [-0.2, 0) is 4.79 Å². The van der Waals surface area contributed by atoms with Crippen molar-refractivity contribution in [1.29, 1.82) is 0 Å². The third kappa shape index (κ3) is 3.44. The van der Waals surface area contributed by atoms with Crippen LogP contribution in [0.15, 0.2) is 0 Å². The summed E-state index contributed by atoms with van der Waals surface area (Å²) in [6.07, 6.45) is 12.0. The first-order valence-electron chi connectivity index (χ1n) is 8.95. The van der Waals surface area contributed by atoms with Gasteiger partial charge in [0, 0.05) is 26.6 Å². The largest absolute Gasteiger partial charge is 0.396 e. The van der Waals surface area contributed by atoms with Gasteiger partial charge in [-0.1, -0.05) is 0 Å². The summed E-state index contributed by atoms with van der Waals surface area (Å²) >= 11 is 0. The van der Waals surface area contributed by atoms with E-state index in [-0.39, 0.29) is 6.61 Å². The first-order valence-corrected chi connectivity index (χ1v) is 8.95. The van der Waals surface area contributed by atoms with Crippen molar-refractivity contribution < 1.29 is 9.90 Å². The Bertz CT molecular complexity index is 344. The van der Waals surface area contributed by atoms with Crippen molar-refractivity contribution in [2.75, 3.05) is 20.2 Å². The normalized spacial score (nSPS) is 37.0. The minimum Gasteiger partial charge on any atom is -0.396 e. The van der Waals surface area contributed by atoms with Crippen LogP contribution in [-0.4, -0.2) is 36.1 Å². The summed E-state index contributed by atoms with van der Waals surface area (Å²) in [6, 6.07) is 0. The van der Waals surface area contributed by atoms with E-state index in [0.29, 0.717) is 11.3 Å². The molecule has 4 aliphatic carbocycles. The van der Waals surface area contributed by atoms with Crippen LogP contribution in [0.4, 0.5) is 0 Å². The lowest BCUT2D eigenvalue weighted by Gasteiger charge is -2.56. The molecule has 4 aliphatic rings. The molecule has 0 aromatic heterocycles. The van der Waals surface area contributed by atoms with Crippen molar-refractivity contribution in [3.63, 3.8) is 0 Å². The maximum absolute atomic E-state index is 12.6. The molecule has 0 heterocycles. The first-order chi connectivity index (χ1) is 10.1. The quantitative estimate of drug-likeness (QED) is 0.732. The predicted octanol–water partition coefficient (Wildman–Crippen LogP) is 3.21. The fourth-order valence-corrected chi connectivity index (χ4v) is 5.72. The molecule has 1 N–H and O–H groups in total. The number of hydrogen-bond acceptors (Lipinski definition) is 2. The Morgan fingerprint density at radius 3 is 2.14 bits per heavy atom.